The van der Waals surface area contributed by atoms with Crippen molar-refractivity contribution in [1.29, 1.82) is 0 Å². The minimum Gasteiger partial charge on any atom is -0.456 e. The molecular formula is C44H26N6O2S. The van der Waals surface area contributed by atoms with Crippen molar-refractivity contribution >= 4 is 110 Å². The highest BCUT2D eigenvalue weighted by atomic mass is 32.1. The van der Waals surface area contributed by atoms with E-state index in [0.717, 1.165) is 87.5 Å². The standard InChI is InChI=1S/C44H26N6O2S/c1-3-11-27(12-4-1)49(29-19-21-33-31-15-7-9-17-36(31)51-38(33)25-29)40-24-23-35-41-43(53-42(35)45-40)46-44(48-47-41)50(28-13-5-2-6-14-28)30-20-22-34-32-16-8-10-18-37(32)52-39(34)26-30/h1-26H. The zero-order chi connectivity index (χ0) is 34.9. The van der Waals surface area contributed by atoms with E-state index >= 15 is 0 Å². The number of pyridine rings is 1. The van der Waals surface area contributed by atoms with Crippen LogP contribution in [-0.4, -0.2) is 20.2 Å². The van der Waals surface area contributed by atoms with Crippen molar-refractivity contribution in [2.75, 3.05) is 9.80 Å². The van der Waals surface area contributed by atoms with Crippen molar-refractivity contribution in [3.05, 3.63) is 158 Å². The van der Waals surface area contributed by atoms with Crippen molar-refractivity contribution in [1.82, 2.24) is 20.2 Å². The molecule has 11 aromatic rings. The molecule has 0 saturated heterocycles. The molecule has 53 heavy (non-hydrogen) atoms. The van der Waals surface area contributed by atoms with Gasteiger partial charge in [0.25, 0.3) is 5.95 Å². The van der Waals surface area contributed by atoms with Gasteiger partial charge in [0.05, 0.1) is 11.4 Å². The Kier molecular flexibility index (Phi) is 6.55. The van der Waals surface area contributed by atoms with Gasteiger partial charge in [-0.15, -0.1) is 10.2 Å². The molecular weight excluding hydrogens is 677 g/mol. The molecule has 0 N–H and O–H groups in total. The average molecular weight is 703 g/mol. The molecule has 5 heterocycles. The van der Waals surface area contributed by atoms with Crippen LogP contribution in [0.15, 0.2) is 167 Å². The number of benzene rings is 6. The summed E-state index contributed by atoms with van der Waals surface area (Å²) in [6.07, 6.45) is 0. The Morgan fingerprint density at radius 3 is 1.57 bits per heavy atom. The highest BCUT2D eigenvalue weighted by molar-refractivity contribution is 7.25. The van der Waals surface area contributed by atoms with Crippen molar-refractivity contribution in [2.45, 2.75) is 0 Å². The molecule has 9 heteroatoms. The Labute approximate surface area is 305 Å². The number of aromatic nitrogens is 4. The van der Waals surface area contributed by atoms with Crippen LogP contribution in [0.1, 0.15) is 0 Å². The minimum atomic E-state index is 0.455. The fraction of sp³-hybridized carbons (Fsp3) is 0. The quantitative estimate of drug-likeness (QED) is 0.169. The van der Waals surface area contributed by atoms with Gasteiger partial charge in [0.2, 0.25) is 0 Å². The summed E-state index contributed by atoms with van der Waals surface area (Å²) in [4.78, 5) is 16.0. The van der Waals surface area contributed by atoms with E-state index in [1.54, 1.807) is 0 Å². The fourth-order valence-electron chi connectivity index (χ4n) is 7.20. The van der Waals surface area contributed by atoms with E-state index in [2.05, 4.69) is 65.6 Å². The number of thiophene rings is 1. The summed E-state index contributed by atoms with van der Waals surface area (Å²) >= 11 is 1.50. The number of furan rings is 2. The molecule has 250 valence electrons. The molecule has 6 aromatic carbocycles. The number of hydrogen-bond acceptors (Lipinski definition) is 9. The van der Waals surface area contributed by atoms with Crippen LogP contribution in [-0.2, 0) is 0 Å². The first-order chi connectivity index (χ1) is 26.2. The van der Waals surface area contributed by atoms with Crippen LogP contribution in [0.5, 0.6) is 0 Å². The number of nitrogens with zero attached hydrogens (tertiary/aromatic N) is 6. The largest absolute Gasteiger partial charge is 0.456 e. The van der Waals surface area contributed by atoms with E-state index < -0.39 is 0 Å². The van der Waals surface area contributed by atoms with Gasteiger partial charge in [-0.3, -0.25) is 9.80 Å². The molecule has 0 aliphatic heterocycles. The van der Waals surface area contributed by atoms with Crippen LogP contribution in [0.2, 0.25) is 0 Å². The highest BCUT2D eigenvalue weighted by Gasteiger charge is 2.22. The first kappa shape index (κ1) is 29.6. The number of rotatable bonds is 6. The molecule has 8 nitrogen and oxygen atoms in total. The summed E-state index contributed by atoms with van der Waals surface area (Å²) in [5.41, 5.74) is 7.74. The van der Waals surface area contributed by atoms with Gasteiger partial charge < -0.3 is 8.83 Å². The monoisotopic (exact) mass is 702 g/mol. The maximum atomic E-state index is 6.28. The lowest BCUT2D eigenvalue weighted by molar-refractivity contribution is 0.668. The highest BCUT2D eigenvalue weighted by Crippen LogP contribution is 2.41. The first-order valence-corrected chi connectivity index (χ1v) is 18.0. The molecule has 0 unspecified atom stereocenters. The lowest BCUT2D eigenvalue weighted by Gasteiger charge is -2.24. The first-order valence-electron chi connectivity index (χ1n) is 17.2. The van der Waals surface area contributed by atoms with E-state index in [1.165, 1.54) is 11.3 Å². The molecule has 0 saturated carbocycles. The number of hydrogen-bond donors (Lipinski definition) is 0. The Morgan fingerprint density at radius 2 is 0.925 bits per heavy atom. The zero-order valence-corrected chi connectivity index (χ0v) is 28.7. The van der Waals surface area contributed by atoms with E-state index in [1.807, 2.05) is 102 Å². The molecule has 0 bridgehead atoms. The molecule has 0 aliphatic carbocycles. The molecule has 0 amide bonds. The Morgan fingerprint density at radius 1 is 0.396 bits per heavy atom. The van der Waals surface area contributed by atoms with Crippen molar-refractivity contribution in [3.63, 3.8) is 0 Å². The van der Waals surface area contributed by atoms with Crippen LogP contribution in [0.25, 0.3) is 64.4 Å². The topological polar surface area (TPSA) is 84.3 Å². The minimum absolute atomic E-state index is 0.455. The molecule has 0 radical (unpaired) electrons. The SMILES string of the molecule is c1ccc(N(c2ccc3c(c2)oc2ccccc23)c2ccc3c(n2)sc2nc(N(c4ccccc4)c4ccc5c(c4)oc4ccccc45)nnc23)cc1. The second-order valence-corrected chi connectivity index (χ2v) is 13.8. The Balaban J connectivity index is 1.03. The number of fused-ring (bicyclic) bond motifs is 9. The second kappa shape index (κ2) is 11.7. The maximum Gasteiger partial charge on any atom is 0.255 e. The predicted molar refractivity (Wildman–Crippen MR) is 214 cm³/mol. The summed E-state index contributed by atoms with van der Waals surface area (Å²) in [5.74, 6) is 1.22. The van der Waals surface area contributed by atoms with Gasteiger partial charge in [0, 0.05) is 50.4 Å². The molecule has 5 aromatic heterocycles. The van der Waals surface area contributed by atoms with Gasteiger partial charge in [-0.1, -0.05) is 84.1 Å². The third-order valence-electron chi connectivity index (χ3n) is 9.64. The Bertz CT molecular complexity index is 2940. The van der Waals surface area contributed by atoms with Crippen LogP contribution < -0.4 is 9.80 Å². The maximum absolute atomic E-state index is 6.28. The number of para-hydroxylation sites is 4. The van der Waals surface area contributed by atoms with Gasteiger partial charge in [0.1, 0.15) is 38.5 Å². The van der Waals surface area contributed by atoms with E-state index in [4.69, 9.17) is 29.0 Å². The van der Waals surface area contributed by atoms with Crippen LogP contribution in [0.4, 0.5) is 34.5 Å². The molecule has 0 spiro atoms. The van der Waals surface area contributed by atoms with Gasteiger partial charge in [-0.2, -0.15) is 4.98 Å². The average Bonchev–Trinajstić information content (AvgIpc) is 3.89. The third-order valence-corrected chi connectivity index (χ3v) is 10.6. The summed E-state index contributed by atoms with van der Waals surface area (Å²) in [6, 6.07) is 53.1. The van der Waals surface area contributed by atoms with Gasteiger partial charge in [-0.05, 0) is 72.8 Å². The number of anilines is 6. The van der Waals surface area contributed by atoms with Crippen molar-refractivity contribution in [3.8, 4) is 0 Å². The van der Waals surface area contributed by atoms with E-state index in [9.17, 15) is 0 Å². The smallest absolute Gasteiger partial charge is 0.255 e. The Hall–Kier alpha value is -7.10. The van der Waals surface area contributed by atoms with Crippen LogP contribution >= 0.6 is 11.3 Å². The van der Waals surface area contributed by atoms with Crippen LogP contribution in [0.3, 0.4) is 0 Å². The lowest BCUT2D eigenvalue weighted by atomic mass is 10.1. The van der Waals surface area contributed by atoms with Crippen LogP contribution in [0, 0.1) is 0 Å². The van der Waals surface area contributed by atoms with Gasteiger partial charge in [0.15, 0.2) is 4.83 Å². The van der Waals surface area contributed by atoms with E-state index in [-0.39, 0.29) is 0 Å². The van der Waals surface area contributed by atoms with E-state index in [0.29, 0.717) is 11.5 Å². The zero-order valence-electron chi connectivity index (χ0n) is 27.9. The molecule has 0 fully saturated rings. The van der Waals surface area contributed by atoms with Crippen molar-refractivity contribution < 1.29 is 8.83 Å². The molecule has 0 atom stereocenters. The molecule has 11 rings (SSSR count). The summed E-state index contributed by atoms with van der Waals surface area (Å²) in [7, 11) is 0. The summed E-state index contributed by atoms with van der Waals surface area (Å²) in [6.45, 7) is 0. The summed E-state index contributed by atoms with van der Waals surface area (Å²) in [5, 5.41) is 14.7. The normalized spacial score (nSPS) is 11.8. The second-order valence-electron chi connectivity index (χ2n) is 12.8. The predicted octanol–water partition coefficient (Wildman–Crippen LogP) is 12.4. The van der Waals surface area contributed by atoms with Gasteiger partial charge in [-0.25, -0.2) is 4.98 Å². The lowest BCUT2D eigenvalue weighted by Crippen LogP contribution is -2.13. The fourth-order valence-corrected chi connectivity index (χ4v) is 8.17. The third kappa shape index (κ3) is 4.82. The molecule has 0 aliphatic rings. The van der Waals surface area contributed by atoms with Crippen molar-refractivity contribution in [2.24, 2.45) is 0 Å². The van der Waals surface area contributed by atoms with Gasteiger partial charge >= 0.3 is 0 Å². The summed E-state index contributed by atoms with van der Waals surface area (Å²) < 4.78 is 12.5.